The molecule has 2 heterocycles. The lowest BCUT2D eigenvalue weighted by molar-refractivity contribution is 0.0948. The number of hydrogen-bond acceptors (Lipinski definition) is 3. The van der Waals surface area contributed by atoms with Crippen LogP contribution in [0.4, 0.5) is 8.78 Å². The van der Waals surface area contributed by atoms with E-state index in [-0.39, 0.29) is 12.5 Å². The zero-order valence-corrected chi connectivity index (χ0v) is 14.4. The van der Waals surface area contributed by atoms with Crippen molar-refractivity contribution in [2.24, 2.45) is 0 Å². The number of benzene rings is 2. The summed E-state index contributed by atoms with van der Waals surface area (Å²) in [7, 11) is 0. The normalized spacial score (nSPS) is 11.1. The Balaban J connectivity index is 1.65. The fourth-order valence-electron chi connectivity index (χ4n) is 2.97. The second-order valence-corrected chi connectivity index (χ2v) is 6.06. The molecule has 0 bridgehead atoms. The average Bonchev–Trinajstić information content (AvgIpc) is 3.28. The molecule has 0 aliphatic heterocycles. The molecule has 1 N–H and O–H groups in total. The van der Waals surface area contributed by atoms with Gasteiger partial charge >= 0.3 is 0 Å². The number of rotatable bonds is 4. The largest absolute Gasteiger partial charge is 0.467 e. The first-order valence-corrected chi connectivity index (χ1v) is 8.28. The SMILES string of the molecule is Cc1nc2cc(C(=O)NCc3ccco3)ccc2n1-c1ccc(F)c(F)c1. The van der Waals surface area contributed by atoms with Crippen LogP contribution in [0.5, 0.6) is 0 Å². The summed E-state index contributed by atoms with van der Waals surface area (Å²) in [6.45, 7) is 2.05. The van der Waals surface area contributed by atoms with E-state index in [1.165, 1.54) is 6.07 Å². The fourth-order valence-corrected chi connectivity index (χ4v) is 2.97. The number of aromatic nitrogens is 2. The summed E-state index contributed by atoms with van der Waals surface area (Å²) in [6, 6.07) is 12.3. The van der Waals surface area contributed by atoms with Crippen LogP contribution in [-0.2, 0) is 6.54 Å². The lowest BCUT2D eigenvalue weighted by Gasteiger charge is -2.08. The number of halogens is 2. The number of furan rings is 1. The van der Waals surface area contributed by atoms with Crippen molar-refractivity contribution in [1.82, 2.24) is 14.9 Å². The smallest absolute Gasteiger partial charge is 0.251 e. The van der Waals surface area contributed by atoms with Gasteiger partial charge in [0.15, 0.2) is 11.6 Å². The van der Waals surface area contributed by atoms with Crippen LogP contribution in [-0.4, -0.2) is 15.5 Å². The highest BCUT2D eigenvalue weighted by atomic mass is 19.2. The maximum atomic E-state index is 13.6. The van der Waals surface area contributed by atoms with Gasteiger partial charge in [-0.1, -0.05) is 0 Å². The van der Waals surface area contributed by atoms with Crippen LogP contribution < -0.4 is 5.32 Å². The van der Waals surface area contributed by atoms with E-state index in [1.54, 1.807) is 48.1 Å². The van der Waals surface area contributed by atoms with E-state index in [0.717, 1.165) is 12.1 Å². The lowest BCUT2D eigenvalue weighted by Crippen LogP contribution is -2.22. The number of nitrogens with one attached hydrogen (secondary N) is 1. The number of nitrogens with zero attached hydrogens (tertiary/aromatic N) is 2. The molecule has 0 saturated heterocycles. The fraction of sp³-hybridized carbons (Fsp3) is 0.100. The zero-order valence-electron chi connectivity index (χ0n) is 14.4. The molecular formula is C20H15F2N3O2. The van der Waals surface area contributed by atoms with Crippen molar-refractivity contribution >= 4 is 16.9 Å². The molecule has 2 aromatic heterocycles. The van der Waals surface area contributed by atoms with Gasteiger partial charge < -0.3 is 9.73 Å². The van der Waals surface area contributed by atoms with Crippen LogP contribution in [0.15, 0.2) is 59.2 Å². The Bertz CT molecular complexity index is 1130. The highest BCUT2D eigenvalue weighted by Crippen LogP contribution is 2.23. The number of carbonyl (C=O) groups excluding carboxylic acids is 1. The van der Waals surface area contributed by atoms with Crippen LogP contribution in [0.3, 0.4) is 0 Å². The number of aryl methyl sites for hydroxylation is 1. The van der Waals surface area contributed by atoms with Crippen LogP contribution in [0.2, 0.25) is 0 Å². The van der Waals surface area contributed by atoms with E-state index in [2.05, 4.69) is 10.3 Å². The molecule has 0 aliphatic rings. The number of hydrogen-bond donors (Lipinski definition) is 1. The molecule has 5 nitrogen and oxygen atoms in total. The van der Waals surface area contributed by atoms with E-state index < -0.39 is 11.6 Å². The van der Waals surface area contributed by atoms with E-state index in [4.69, 9.17) is 4.42 Å². The van der Waals surface area contributed by atoms with Gasteiger partial charge in [0.05, 0.1) is 29.5 Å². The number of imidazole rings is 1. The lowest BCUT2D eigenvalue weighted by atomic mass is 10.2. The van der Waals surface area contributed by atoms with Gasteiger partial charge in [0, 0.05) is 11.6 Å². The molecule has 0 fully saturated rings. The van der Waals surface area contributed by atoms with Crippen molar-refractivity contribution in [3.63, 3.8) is 0 Å². The van der Waals surface area contributed by atoms with Gasteiger partial charge in [-0.25, -0.2) is 13.8 Å². The van der Waals surface area contributed by atoms with Crippen molar-refractivity contribution in [2.75, 3.05) is 0 Å². The third kappa shape index (κ3) is 3.19. The van der Waals surface area contributed by atoms with E-state index in [1.807, 2.05) is 0 Å². The van der Waals surface area contributed by atoms with Crippen LogP contribution in [0.25, 0.3) is 16.7 Å². The molecule has 0 aliphatic carbocycles. The molecule has 136 valence electrons. The topological polar surface area (TPSA) is 60.1 Å². The van der Waals surface area contributed by atoms with Gasteiger partial charge in [0.1, 0.15) is 11.6 Å². The Hall–Kier alpha value is -3.48. The van der Waals surface area contributed by atoms with Gasteiger partial charge in [-0.2, -0.15) is 0 Å². The first-order chi connectivity index (χ1) is 13.0. The number of fused-ring (bicyclic) bond motifs is 1. The van der Waals surface area contributed by atoms with Gasteiger partial charge in [-0.3, -0.25) is 9.36 Å². The third-order valence-corrected chi connectivity index (χ3v) is 4.25. The Morgan fingerprint density at radius 1 is 1.15 bits per heavy atom. The molecule has 27 heavy (non-hydrogen) atoms. The Morgan fingerprint density at radius 2 is 2.00 bits per heavy atom. The standard InChI is InChI=1S/C20H15F2N3O2/c1-12-24-18-9-13(20(26)23-11-15-3-2-8-27-15)4-7-19(18)25(12)14-5-6-16(21)17(22)10-14/h2-10H,11H2,1H3,(H,23,26). The van der Waals surface area contributed by atoms with Crippen LogP contribution in [0.1, 0.15) is 21.9 Å². The summed E-state index contributed by atoms with van der Waals surface area (Å²) >= 11 is 0. The molecule has 0 radical (unpaired) electrons. The van der Waals surface area contributed by atoms with Gasteiger partial charge in [0.2, 0.25) is 0 Å². The summed E-state index contributed by atoms with van der Waals surface area (Å²) in [5.41, 5.74) is 2.19. The van der Waals surface area contributed by atoms with E-state index >= 15 is 0 Å². The minimum Gasteiger partial charge on any atom is -0.467 e. The van der Waals surface area contributed by atoms with Gasteiger partial charge in [0.25, 0.3) is 5.91 Å². The molecule has 4 rings (SSSR count). The summed E-state index contributed by atoms with van der Waals surface area (Å²) in [4.78, 5) is 16.8. The summed E-state index contributed by atoms with van der Waals surface area (Å²) in [6.07, 6.45) is 1.54. The predicted octanol–water partition coefficient (Wildman–Crippen LogP) is 4.14. The molecular weight excluding hydrogens is 352 g/mol. The number of carbonyl (C=O) groups is 1. The minimum atomic E-state index is -0.928. The molecule has 7 heteroatoms. The first-order valence-electron chi connectivity index (χ1n) is 8.28. The van der Waals surface area contributed by atoms with Crippen molar-refractivity contribution in [3.05, 3.63) is 83.6 Å². The molecule has 0 saturated carbocycles. The molecule has 0 unspecified atom stereocenters. The zero-order chi connectivity index (χ0) is 19.0. The first kappa shape index (κ1) is 17.0. The van der Waals surface area contributed by atoms with E-state index in [0.29, 0.717) is 33.9 Å². The highest BCUT2D eigenvalue weighted by Gasteiger charge is 2.14. The Morgan fingerprint density at radius 3 is 2.74 bits per heavy atom. The van der Waals surface area contributed by atoms with Crippen molar-refractivity contribution in [3.8, 4) is 5.69 Å². The average molecular weight is 367 g/mol. The van der Waals surface area contributed by atoms with Crippen molar-refractivity contribution in [1.29, 1.82) is 0 Å². The second kappa shape index (κ2) is 6.68. The summed E-state index contributed by atoms with van der Waals surface area (Å²) in [5, 5.41) is 2.77. The van der Waals surface area contributed by atoms with E-state index in [9.17, 15) is 13.6 Å². The minimum absolute atomic E-state index is 0.256. The van der Waals surface area contributed by atoms with Crippen LogP contribution in [0, 0.1) is 18.6 Å². The molecule has 1 amide bonds. The molecule has 0 atom stereocenters. The molecule has 0 spiro atoms. The maximum Gasteiger partial charge on any atom is 0.251 e. The second-order valence-electron chi connectivity index (χ2n) is 6.06. The van der Waals surface area contributed by atoms with Crippen molar-refractivity contribution < 1.29 is 18.0 Å². The Kier molecular flexibility index (Phi) is 4.19. The predicted molar refractivity (Wildman–Crippen MR) is 95.6 cm³/mol. The summed E-state index contributed by atoms with van der Waals surface area (Å²) in [5.74, 6) is -0.834. The number of amides is 1. The van der Waals surface area contributed by atoms with Crippen LogP contribution >= 0.6 is 0 Å². The third-order valence-electron chi connectivity index (χ3n) is 4.25. The quantitative estimate of drug-likeness (QED) is 0.590. The van der Waals surface area contributed by atoms with Gasteiger partial charge in [-0.15, -0.1) is 0 Å². The van der Waals surface area contributed by atoms with Crippen molar-refractivity contribution in [2.45, 2.75) is 13.5 Å². The highest BCUT2D eigenvalue weighted by molar-refractivity contribution is 5.97. The maximum absolute atomic E-state index is 13.6. The molecule has 4 aromatic rings. The molecule has 2 aromatic carbocycles. The van der Waals surface area contributed by atoms with Gasteiger partial charge in [-0.05, 0) is 49.4 Å². The summed E-state index contributed by atoms with van der Waals surface area (Å²) < 4.78 is 33.7. The Labute approximate surface area is 153 Å². The monoisotopic (exact) mass is 367 g/mol.